The van der Waals surface area contributed by atoms with E-state index in [2.05, 4.69) is 5.10 Å². The molecule has 1 N–H and O–H groups in total. The lowest BCUT2D eigenvalue weighted by Gasteiger charge is -2.07. The van der Waals surface area contributed by atoms with Crippen LogP contribution >= 0.6 is 0 Å². The predicted molar refractivity (Wildman–Crippen MR) is 23.8 cm³/mol. The highest BCUT2D eigenvalue weighted by molar-refractivity contribution is 5.86. The van der Waals surface area contributed by atoms with Crippen LogP contribution in [-0.2, 0) is 0 Å². The highest BCUT2D eigenvalue weighted by Gasteiger charge is 2.00. The topological polar surface area (TPSA) is 27.6 Å². The quantitative estimate of drug-likeness (QED) is 0.470. The van der Waals surface area contributed by atoms with Gasteiger partial charge in [-0.2, -0.15) is 4.39 Å². The van der Waals surface area contributed by atoms with Crippen molar-refractivity contribution in [3.05, 3.63) is 12.3 Å². The molecule has 0 spiro atoms. The Bertz CT molecular complexity index is 141. The van der Waals surface area contributed by atoms with E-state index >= 15 is 0 Å². The Morgan fingerprint density at radius 2 is 2.50 bits per heavy atom. The molecule has 0 saturated heterocycles. The fourth-order valence-corrected chi connectivity index (χ4v) is 0.314. The van der Waals surface area contributed by atoms with Gasteiger partial charge in [0.1, 0.15) is 0 Å². The molecule has 0 aliphatic carbocycles. The zero-order chi connectivity index (χ0) is 5.98. The van der Waals surface area contributed by atoms with Crippen LogP contribution in [0.1, 0.15) is 0 Å². The van der Waals surface area contributed by atoms with Crippen LogP contribution in [0.3, 0.4) is 0 Å². The predicted octanol–water partition coefficient (Wildman–Crippen LogP) is 0.488. The molecule has 5 heteroatoms. The van der Waals surface area contributed by atoms with Gasteiger partial charge in [-0.1, -0.05) is 9.58 Å². The van der Waals surface area contributed by atoms with Crippen molar-refractivity contribution in [2.75, 3.05) is 0 Å². The van der Waals surface area contributed by atoms with Gasteiger partial charge >= 0.3 is 0 Å². The van der Waals surface area contributed by atoms with E-state index in [0.29, 0.717) is 0 Å². The average Bonchev–Trinajstić information content (AvgIpc) is 1.64. The lowest BCUT2D eigenvalue weighted by Crippen LogP contribution is -2.24. The van der Waals surface area contributed by atoms with Gasteiger partial charge in [-0.05, 0) is 5.34 Å². The summed E-state index contributed by atoms with van der Waals surface area (Å²) in [4.78, 5) is 0. The van der Waals surface area contributed by atoms with E-state index in [-0.39, 0.29) is 5.34 Å². The van der Waals surface area contributed by atoms with Crippen LogP contribution in [0.15, 0.2) is 17.4 Å². The van der Waals surface area contributed by atoms with E-state index in [0.717, 1.165) is 12.3 Å². The van der Waals surface area contributed by atoms with Crippen LogP contribution in [-0.4, -0.2) is 11.3 Å². The maximum Gasteiger partial charge on any atom is 0.237 e. The number of hydrogen-bond acceptors (Lipinski definition) is 3. The summed E-state index contributed by atoms with van der Waals surface area (Å²) in [5, 5.41) is 2.49. The fourth-order valence-electron chi connectivity index (χ4n) is 0.314. The summed E-state index contributed by atoms with van der Waals surface area (Å²) < 4.78 is 23.5. The summed E-state index contributed by atoms with van der Waals surface area (Å²) in [7, 11) is 0. The van der Waals surface area contributed by atoms with Crippen molar-refractivity contribution in [1.82, 2.24) is 10.8 Å². The van der Waals surface area contributed by atoms with Gasteiger partial charge in [0.25, 0.3) is 0 Å². The third-order valence-electron chi connectivity index (χ3n) is 0.585. The number of rotatable bonds is 0. The average molecular weight is 119 g/mol. The third kappa shape index (κ3) is 0.927. The molecule has 0 fully saturated rings. The second-order valence-corrected chi connectivity index (χ2v) is 1.15. The van der Waals surface area contributed by atoms with Crippen molar-refractivity contribution in [2.45, 2.75) is 0 Å². The molecule has 1 aliphatic rings. The van der Waals surface area contributed by atoms with Gasteiger partial charge in [0, 0.05) is 12.3 Å². The lowest BCUT2D eigenvalue weighted by atomic mass is 10.6. The highest BCUT2D eigenvalue weighted by atomic mass is 19.2. The molecule has 1 heterocycles. The third-order valence-corrected chi connectivity index (χ3v) is 0.585. The number of hydrazine groups is 1. The molecule has 1 aliphatic heterocycles. The molecule has 0 saturated carbocycles. The molecule has 0 aromatic rings. The summed E-state index contributed by atoms with van der Waals surface area (Å²) in [6.45, 7) is 0. The SMILES string of the molecule is FC1=NN(F)NC=C1. The molecule has 3 nitrogen and oxygen atoms in total. The second-order valence-electron chi connectivity index (χ2n) is 1.15. The van der Waals surface area contributed by atoms with Crippen molar-refractivity contribution in [2.24, 2.45) is 5.10 Å². The molecule has 1 rings (SSSR count). The number of nitrogens with zero attached hydrogens (tertiary/aromatic N) is 2. The van der Waals surface area contributed by atoms with Gasteiger partial charge < -0.3 is 0 Å². The molecule has 0 aromatic heterocycles. The zero-order valence-corrected chi connectivity index (χ0v) is 3.81. The van der Waals surface area contributed by atoms with Gasteiger partial charge in [0.2, 0.25) is 5.97 Å². The van der Waals surface area contributed by atoms with Crippen LogP contribution < -0.4 is 5.43 Å². The smallest absolute Gasteiger partial charge is 0.237 e. The maximum atomic E-state index is 11.8. The number of nitrogens with one attached hydrogen (secondary N) is 1. The number of hydrazone groups is 1. The van der Waals surface area contributed by atoms with Crippen molar-refractivity contribution in [1.29, 1.82) is 0 Å². The minimum absolute atomic E-state index is 0.213. The molecule has 0 radical (unpaired) electrons. The standard InChI is InChI=1S/C3H3F2N3/c4-3-1-2-6-8(5)7-3/h1-2,6H. The van der Waals surface area contributed by atoms with Crippen molar-refractivity contribution >= 4 is 5.97 Å². The minimum atomic E-state index is -0.855. The maximum absolute atomic E-state index is 11.8. The van der Waals surface area contributed by atoms with E-state index in [1.165, 1.54) is 0 Å². The Kier molecular flexibility index (Phi) is 1.11. The van der Waals surface area contributed by atoms with Gasteiger partial charge in [0.05, 0.1) is 0 Å². The highest BCUT2D eigenvalue weighted by Crippen LogP contribution is 1.94. The molecule has 0 aromatic carbocycles. The monoisotopic (exact) mass is 119 g/mol. The van der Waals surface area contributed by atoms with E-state index in [9.17, 15) is 8.87 Å². The van der Waals surface area contributed by atoms with Crippen molar-refractivity contribution in [3.8, 4) is 0 Å². The summed E-state index contributed by atoms with van der Waals surface area (Å²) in [5.41, 5.74) is 1.97. The van der Waals surface area contributed by atoms with Crippen LogP contribution in [0, 0.1) is 0 Å². The fraction of sp³-hybridized carbons (Fsp3) is 0. The Labute approximate surface area is 44.2 Å². The van der Waals surface area contributed by atoms with Gasteiger partial charge in [0.15, 0.2) is 0 Å². The summed E-state index contributed by atoms with van der Waals surface area (Å²) in [6, 6.07) is 0. The van der Waals surface area contributed by atoms with Gasteiger partial charge in [-0.15, -0.1) is 0 Å². The zero-order valence-electron chi connectivity index (χ0n) is 3.81. The van der Waals surface area contributed by atoms with E-state index in [4.69, 9.17) is 0 Å². The Morgan fingerprint density at radius 1 is 1.75 bits per heavy atom. The first-order valence-corrected chi connectivity index (χ1v) is 1.92. The lowest BCUT2D eigenvalue weighted by molar-refractivity contribution is -0.0151. The van der Waals surface area contributed by atoms with E-state index < -0.39 is 5.97 Å². The number of halogens is 2. The normalized spacial score (nSPS) is 17.8. The molecular formula is C3H3F2N3. The van der Waals surface area contributed by atoms with Crippen LogP contribution in [0.2, 0.25) is 0 Å². The molecular weight excluding hydrogens is 116 g/mol. The van der Waals surface area contributed by atoms with Crippen LogP contribution in [0.25, 0.3) is 0 Å². The first-order valence-electron chi connectivity index (χ1n) is 1.92. The molecule has 8 heavy (non-hydrogen) atoms. The van der Waals surface area contributed by atoms with Crippen molar-refractivity contribution in [3.63, 3.8) is 0 Å². The van der Waals surface area contributed by atoms with Gasteiger partial charge in [-0.3, -0.25) is 5.43 Å². The number of allylic oxidation sites excluding steroid dienone is 1. The second kappa shape index (κ2) is 1.77. The summed E-state index contributed by atoms with van der Waals surface area (Å²) >= 11 is 0. The first-order chi connectivity index (χ1) is 3.79. The summed E-state index contributed by atoms with van der Waals surface area (Å²) in [5.74, 6) is -0.855. The van der Waals surface area contributed by atoms with Gasteiger partial charge in [-0.25, -0.2) is 0 Å². The Morgan fingerprint density at radius 3 is 2.88 bits per heavy atom. The molecule has 0 bridgehead atoms. The van der Waals surface area contributed by atoms with Crippen LogP contribution in [0.5, 0.6) is 0 Å². The minimum Gasteiger partial charge on any atom is -0.260 e. The largest absolute Gasteiger partial charge is 0.260 e. The molecule has 0 amide bonds. The molecule has 44 valence electrons. The van der Waals surface area contributed by atoms with Crippen molar-refractivity contribution < 1.29 is 8.87 Å². The first kappa shape index (κ1) is 5.02. The van der Waals surface area contributed by atoms with E-state index in [1.54, 1.807) is 0 Å². The molecule has 0 atom stereocenters. The number of hydrogen-bond donors (Lipinski definition) is 1. The Hall–Kier alpha value is -1.13. The summed E-state index contributed by atoms with van der Waals surface area (Å²) in [6.07, 6.45) is 2.11. The molecule has 0 unspecified atom stereocenters. The van der Waals surface area contributed by atoms with Crippen LogP contribution in [0.4, 0.5) is 8.87 Å². The Balaban J connectivity index is 2.63. The van der Waals surface area contributed by atoms with E-state index in [1.807, 2.05) is 5.43 Å².